The summed E-state index contributed by atoms with van der Waals surface area (Å²) < 4.78 is 13.7. The lowest BCUT2D eigenvalue weighted by molar-refractivity contribution is -0.138. The Hall–Kier alpha value is -1.56. The summed E-state index contributed by atoms with van der Waals surface area (Å²) in [5, 5.41) is 2.93. The highest BCUT2D eigenvalue weighted by atomic mass is 32.2. The molecule has 0 aliphatic carbocycles. The van der Waals surface area contributed by atoms with Crippen LogP contribution in [0.15, 0.2) is 24.3 Å². The van der Waals surface area contributed by atoms with Crippen LogP contribution in [-0.4, -0.2) is 41.8 Å². The minimum atomic E-state index is -0.316. The van der Waals surface area contributed by atoms with Crippen molar-refractivity contribution in [1.82, 2.24) is 10.2 Å². The van der Waals surface area contributed by atoms with E-state index in [4.69, 9.17) is 0 Å². The zero-order chi connectivity index (χ0) is 16.7. The van der Waals surface area contributed by atoms with Crippen molar-refractivity contribution in [2.45, 2.75) is 25.8 Å². The van der Waals surface area contributed by atoms with E-state index in [9.17, 15) is 14.0 Å². The largest absolute Gasteiger partial charge is 0.356 e. The van der Waals surface area contributed by atoms with Crippen LogP contribution in [0.2, 0.25) is 0 Å². The number of carbonyl (C=O) groups is 2. The van der Waals surface area contributed by atoms with Gasteiger partial charge in [0.1, 0.15) is 5.82 Å². The van der Waals surface area contributed by atoms with Crippen molar-refractivity contribution in [2.75, 3.05) is 25.1 Å². The van der Waals surface area contributed by atoms with Crippen molar-refractivity contribution in [3.8, 4) is 0 Å². The van der Waals surface area contributed by atoms with Crippen molar-refractivity contribution in [1.29, 1.82) is 0 Å². The molecule has 23 heavy (non-hydrogen) atoms. The van der Waals surface area contributed by atoms with Gasteiger partial charge < -0.3 is 10.2 Å². The van der Waals surface area contributed by atoms with E-state index in [1.54, 1.807) is 34.9 Å². The fraction of sp³-hybridized carbons (Fsp3) is 0.529. The lowest BCUT2D eigenvalue weighted by Gasteiger charge is -2.32. The molecule has 4 nitrogen and oxygen atoms in total. The molecule has 1 heterocycles. The summed E-state index contributed by atoms with van der Waals surface area (Å²) in [6.07, 6.45) is 3.89. The second-order valence-electron chi connectivity index (χ2n) is 5.74. The molecule has 2 amide bonds. The second-order valence-corrected chi connectivity index (χ2v) is 6.72. The van der Waals surface area contributed by atoms with Gasteiger partial charge in [-0.2, -0.15) is 11.8 Å². The minimum Gasteiger partial charge on any atom is -0.356 e. The van der Waals surface area contributed by atoms with E-state index in [0.29, 0.717) is 31.5 Å². The van der Waals surface area contributed by atoms with E-state index in [1.807, 2.05) is 6.26 Å². The van der Waals surface area contributed by atoms with Gasteiger partial charge in [0.2, 0.25) is 11.8 Å². The van der Waals surface area contributed by atoms with E-state index in [-0.39, 0.29) is 30.1 Å². The number of benzene rings is 1. The van der Waals surface area contributed by atoms with Gasteiger partial charge in [-0.3, -0.25) is 9.59 Å². The maximum Gasteiger partial charge on any atom is 0.224 e. The molecule has 0 aromatic heterocycles. The molecule has 6 heteroatoms. The molecule has 0 unspecified atom stereocenters. The van der Waals surface area contributed by atoms with Gasteiger partial charge >= 0.3 is 0 Å². The Morgan fingerprint density at radius 3 is 2.96 bits per heavy atom. The Balaban J connectivity index is 1.90. The highest BCUT2D eigenvalue weighted by Gasteiger charge is 2.30. The van der Waals surface area contributed by atoms with Crippen LogP contribution in [0, 0.1) is 11.7 Å². The number of halogens is 1. The zero-order valence-electron chi connectivity index (χ0n) is 13.4. The van der Waals surface area contributed by atoms with Gasteiger partial charge in [-0.25, -0.2) is 4.39 Å². The first-order valence-corrected chi connectivity index (χ1v) is 9.29. The molecular weight excluding hydrogens is 315 g/mol. The quantitative estimate of drug-likeness (QED) is 0.777. The molecule has 1 aromatic rings. The molecule has 2 rings (SSSR count). The molecule has 0 saturated carbocycles. The van der Waals surface area contributed by atoms with E-state index >= 15 is 0 Å². The predicted molar refractivity (Wildman–Crippen MR) is 90.5 cm³/mol. The zero-order valence-corrected chi connectivity index (χ0v) is 14.2. The molecule has 1 aliphatic heterocycles. The fourth-order valence-electron chi connectivity index (χ4n) is 2.69. The van der Waals surface area contributed by atoms with Gasteiger partial charge in [-0.15, -0.1) is 0 Å². The third kappa shape index (κ3) is 5.23. The van der Waals surface area contributed by atoms with E-state index in [0.717, 1.165) is 12.2 Å². The SMILES string of the molecule is CSCCCNC(=O)[C@H]1CCC(=O)N(Cc2ccccc2F)C1. The number of hydrogen-bond donors (Lipinski definition) is 1. The van der Waals surface area contributed by atoms with E-state index in [2.05, 4.69) is 5.32 Å². The Labute approximate surface area is 140 Å². The van der Waals surface area contributed by atoms with Crippen molar-refractivity contribution in [3.63, 3.8) is 0 Å². The van der Waals surface area contributed by atoms with Crippen LogP contribution in [0.5, 0.6) is 0 Å². The Kier molecular flexibility index (Phi) is 6.89. The third-order valence-electron chi connectivity index (χ3n) is 4.01. The third-order valence-corrected chi connectivity index (χ3v) is 4.71. The first kappa shape index (κ1) is 17.8. The first-order chi connectivity index (χ1) is 11.1. The van der Waals surface area contributed by atoms with Gasteiger partial charge in [-0.05, 0) is 30.9 Å². The van der Waals surface area contributed by atoms with Gasteiger partial charge in [0, 0.05) is 31.6 Å². The number of piperidine rings is 1. The summed E-state index contributed by atoms with van der Waals surface area (Å²) in [4.78, 5) is 25.8. The maximum atomic E-state index is 13.7. The van der Waals surface area contributed by atoms with Gasteiger partial charge in [0.15, 0.2) is 0 Å². The van der Waals surface area contributed by atoms with Gasteiger partial charge in [0.25, 0.3) is 0 Å². The Morgan fingerprint density at radius 1 is 1.43 bits per heavy atom. The number of amides is 2. The van der Waals surface area contributed by atoms with E-state index < -0.39 is 0 Å². The molecule has 1 fully saturated rings. The number of hydrogen-bond acceptors (Lipinski definition) is 3. The molecule has 1 saturated heterocycles. The number of nitrogens with zero attached hydrogens (tertiary/aromatic N) is 1. The Morgan fingerprint density at radius 2 is 2.22 bits per heavy atom. The number of nitrogens with one attached hydrogen (secondary N) is 1. The molecule has 1 aliphatic rings. The minimum absolute atomic E-state index is 0.00265. The molecule has 0 bridgehead atoms. The van der Waals surface area contributed by atoms with Gasteiger partial charge in [-0.1, -0.05) is 18.2 Å². The number of rotatable bonds is 7. The average molecular weight is 338 g/mol. The lowest BCUT2D eigenvalue weighted by Crippen LogP contribution is -2.45. The number of likely N-dealkylation sites (tertiary alicyclic amines) is 1. The molecule has 0 radical (unpaired) electrons. The fourth-order valence-corrected chi connectivity index (χ4v) is 3.12. The molecule has 0 spiro atoms. The smallest absolute Gasteiger partial charge is 0.224 e. The van der Waals surface area contributed by atoms with Crippen LogP contribution in [0.3, 0.4) is 0 Å². The lowest BCUT2D eigenvalue weighted by atomic mass is 9.96. The predicted octanol–water partition coefficient (Wildman–Crippen LogP) is 2.43. The van der Waals surface area contributed by atoms with Crippen LogP contribution in [-0.2, 0) is 16.1 Å². The van der Waals surface area contributed by atoms with Crippen molar-refractivity contribution < 1.29 is 14.0 Å². The molecule has 1 atom stereocenters. The summed E-state index contributed by atoms with van der Waals surface area (Å²) >= 11 is 1.75. The normalized spacial score (nSPS) is 18.1. The van der Waals surface area contributed by atoms with Crippen LogP contribution in [0.1, 0.15) is 24.8 Å². The maximum absolute atomic E-state index is 13.7. The summed E-state index contributed by atoms with van der Waals surface area (Å²) in [7, 11) is 0. The summed E-state index contributed by atoms with van der Waals surface area (Å²) in [6.45, 7) is 1.25. The standard InChI is InChI=1S/C17H23FN2O2S/c1-23-10-4-9-19-17(22)14-7-8-16(21)20(12-14)11-13-5-2-3-6-15(13)18/h2-3,5-6,14H,4,7-12H2,1H3,(H,19,22)/t14-/m0/s1. The van der Waals surface area contributed by atoms with Crippen molar-refractivity contribution in [2.24, 2.45) is 5.92 Å². The summed E-state index contributed by atoms with van der Waals surface area (Å²) in [6, 6.07) is 6.44. The topological polar surface area (TPSA) is 49.4 Å². The molecule has 1 N–H and O–H groups in total. The number of thioether (sulfide) groups is 1. The van der Waals surface area contributed by atoms with Crippen LogP contribution in [0.4, 0.5) is 4.39 Å². The van der Waals surface area contributed by atoms with Crippen LogP contribution >= 0.6 is 11.8 Å². The second kappa shape index (κ2) is 8.91. The number of carbonyl (C=O) groups excluding carboxylic acids is 2. The average Bonchev–Trinajstić information content (AvgIpc) is 2.55. The highest BCUT2D eigenvalue weighted by molar-refractivity contribution is 7.98. The van der Waals surface area contributed by atoms with Gasteiger partial charge in [0.05, 0.1) is 5.92 Å². The van der Waals surface area contributed by atoms with E-state index in [1.165, 1.54) is 6.07 Å². The van der Waals surface area contributed by atoms with Crippen LogP contribution < -0.4 is 5.32 Å². The highest BCUT2D eigenvalue weighted by Crippen LogP contribution is 2.21. The summed E-state index contributed by atoms with van der Waals surface area (Å²) in [5.74, 6) is 0.484. The summed E-state index contributed by atoms with van der Waals surface area (Å²) in [5.41, 5.74) is 0.488. The monoisotopic (exact) mass is 338 g/mol. The molecule has 126 valence electrons. The van der Waals surface area contributed by atoms with Crippen LogP contribution in [0.25, 0.3) is 0 Å². The molecular formula is C17H23FN2O2S. The van der Waals surface area contributed by atoms with Crippen molar-refractivity contribution >= 4 is 23.6 Å². The first-order valence-electron chi connectivity index (χ1n) is 7.89. The van der Waals surface area contributed by atoms with Crippen molar-refractivity contribution in [3.05, 3.63) is 35.6 Å². The molecule has 1 aromatic carbocycles. The Bertz CT molecular complexity index is 553.